The van der Waals surface area contributed by atoms with Crippen LogP contribution >= 0.6 is 0 Å². The number of ether oxygens (including phenoxy) is 1. The summed E-state index contributed by atoms with van der Waals surface area (Å²) in [5.41, 5.74) is 5.25. The molecule has 0 saturated heterocycles. The largest absolute Gasteiger partial charge is 0.391 e. The average Bonchev–Trinajstić information content (AvgIpc) is 1.88. The molecule has 0 saturated carbocycles. The summed E-state index contributed by atoms with van der Waals surface area (Å²) in [6.07, 6.45) is 0.390. The molecule has 0 radical (unpaired) electrons. The SMILES string of the molecule is CC(O)C(C)OCCCN. The van der Waals surface area contributed by atoms with Crippen molar-refractivity contribution in [1.29, 1.82) is 0 Å². The van der Waals surface area contributed by atoms with Gasteiger partial charge in [0, 0.05) is 6.61 Å². The Hall–Kier alpha value is -0.120. The molecule has 10 heavy (non-hydrogen) atoms. The van der Waals surface area contributed by atoms with Gasteiger partial charge in [-0.05, 0) is 26.8 Å². The zero-order chi connectivity index (χ0) is 7.98. The minimum atomic E-state index is -0.391. The molecule has 3 heteroatoms. The van der Waals surface area contributed by atoms with Crippen molar-refractivity contribution in [2.75, 3.05) is 13.2 Å². The first-order valence-electron chi connectivity index (χ1n) is 3.68. The maximum Gasteiger partial charge on any atom is 0.0803 e. The van der Waals surface area contributed by atoms with E-state index in [0.29, 0.717) is 13.2 Å². The van der Waals surface area contributed by atoms with E-state index >= 15 is 0 Å². The molecule has 3 N–H and O–H groups in total. The lowest BCUT2D eigenvalue weighted by atomic mass is 10.2. The predicted octanol–water partition coefficient (Wildman–Crippen LogP) is 0.121. The van der Waals surface area contributed by atoms with Crippen LogP contribution in [0.25, 0.3) is 0 Å². The highest BCUT2D eigenvalue weighted by molar-refractivity contribution is 4.56. The van der Waals surface area contributed by atoms with Crippen molar-refractivity contribution in [3.05, 3.63) is 0 Å². The number of hydrogen-bond donors (Lipinski definition) is 2. The Bertz CT molecular complexity index is 76.0. The first-order valence-corrected chi connectivity index (χ1v) is 3.68. The molecule has 0 aliphatic rings. The Morgan fingerprint density at radius 2 is 2.10 bits per heavy atom. The molecule has 62 valence electrons. The van der Waals surface area contributed by atoms with Gasteiger partial charge in [0.2, 0.25) is 0 Å². The van der Waals surface area contributed by atoms with Gasteiger partial charge in [0.25, 0.3) is 0 Å². The first kappa shape index (κ1) is 9.88. The summed E-state index contributed by atoms with van der Waals surface area (Å²) < 4.78 is 5.21. The maximum atomic E-state index is 8.96. The van der Waals surface area contributed by atoms with E-state index < -0.39 is 6.10 Å². The molecule has 3 nitrogen and oxygen atoms in total. The van der Waals surface area contributed by atoms with Crippen molar-refractivity contribution in [3.8, 4) is 0 Å². The fourth-order valence-electron chi connectivity index (χ4n) is 0.492. The van der Waals surface area contributed by atoms with Crippen LogP contribution in [0.1, 0.15) is 20.3 Å². The van der Waals surface area contributed by atoms with Crippen LogP contribution in [0.4, 0.5) is 0 Å². The van der Waals surface area contributed by atoms with Crippen LogP contribution in [0.5, 0.6) is 0 Å². The maximum absolute atomic E-state index is 8.96. The van der Waals surface area contributed by atoms with Crippen LogP contribution in [0.15, 0.2) is 0 Å². The van der Waals surface area contributed by atoms with E-state index in [0.717, 1.165) is 6.42 Å². The van der Waals surface area contributed by atoms with Crippen LogP contribution in [-0.4, -0.2) is 30.5 Å². The highest BCUT2D eigenvalue weighted by Gasteiger charge is 2.07. The number of hydrogen-bond acceptors (Lipinski definition) is 3. The molecule has 0 aliphatic heterocycles. The minimum absolute atomic E-state index is 0.0773. The average molecular weight is 147 g/mol. The topological polar surface area (TPSA) is 55.5 Å². The third kappa shape index (κ3) is 4.73. The molecule has 0 bridgehead atoms. The Morgan fingerprint density at radius 1 is 1.50 bits per heavy atom. The van der Waals surface area contributed by atoms with Crippen LogP contribution in [0.3, 0.4) is 0 Å². The van der Waals surface area contributed by atoms with E-state index in [-0.39, 0.29) is 6.10 Å². The molecule has 0 aromatic carbocycles. The third-order valence-electron chi connectivity index (χ3n) is 1.41. The van der Waals surface area contributed by atoms with E-state index in [2.05, 4.69) is 0 Å². The first-order chi connectivity index (χ1) is 4.68. The summed E-state index contributed by atoms with van der Waals surface area (Å²) in [7, 11) is 0. The van der Waals surface area contributed by atoms with Crippen molar-refractivity contribution < 1.29 is 9.84 Å². The summed E-state index contributed by atoms with van der Waals surface area (Å²) in [4.78, 5) is 0. The zero-order valence-electron chi connectivity index (χ0n) is 6.71. The van der Waals surface area contributed by atoms with Crippen LogP contribution in [0.2, 0.25) is 0 Å². The van der Waals surface area contributed by atoms with Crippen LogP contribution in [0, 0.1) is 0 Å². The summed E-state index contributed by atoms with van der Waals surface area (Å²) >= 11 is 0. The highest BCUT2D eigenvalue weighted by atomic mass is 16.5. The molecule has 0 heterocycles. The lowest BCUT2D eigenvalue weighted by Crippen LogP contribution is -2.23. The molecule has 0 fully saturated rings. The lowest BCUT2D eigenvalue weighted by molar-refractivity contribution is -0.0183. The second kappa shape index (κ2) is 5.65. The van der Waals surface area contributed by atoms with Crippen LogP contribution in [-0.2, 0) is 4.74 Å². The molecular formula is C7H17NO2. The Balaban J connectivity index is 3.13. The van der Waals surface area contributed by atoms with Crippen molar-refractivity contribution in [3.63, 3.8) is 0 Å². The van der Waals surface area contributed by atoms with Crippen molar-refractivity contribution in [1.82, 2.24) is 0 Å². The fraction of sp³-hybridized carbons (Fsp3) is 1.00. The van der Waals surface area contributed by atoms with Gasteiger partial charge in [-0.3, -0.25) is 0 Å². The molecular weight excluding hydrogens is 130 g/mol. The van der Waals surface area contributed by atoms with Crippen molar-refractivity contribution >= 4 is 0 Å². The van der Waals surface area contributed by atoms with Gasteiger partial charge in [0.1, 0.15) is 0 Å². The van der Waals surface area contributed by atoms with Gasteiger partial charge in [-0.15, -0.1) is 0 Å². The van der Waals surface area contributed by atoms with Gasteiger partial charge in [0.05, 0.1) is 12.2 Å². The van der Waals surface area contributed by atoms with E-state index in [4.69, 9.17) is 15.6 Å². The van der Waals surface area contributed by atoms with Crippen molar-refractivity contribution in [2.24, 2.45) is 5.73 Å². The summed E-state index contributed by atoms with van der Waals surface area (Å²) in [5, 5.41) is 8.96. The zero-order valence-corrected chi connectivity index (χ0v) is 6.71. The van der Waals surface area contributed by atoms with E-state index in [1.165, 1.54) is 0 Å². The van der Waals surface area contributed by atoms with Gasteiger partial charge < -0.3 is 15.6 Å². The van der Waals surface area contributed by atoms with Gasteiger partial charge in [-0.2, -0.15) is 0 Å². The lowest BCUT2D eigenvalue weighted by Gasteiger charge is -2.14. The quantitative estimate of drug-likeness (QED) is 0.543. The standard InChI is InChI=1S/C7H17NO2/c1-6(9)7(2)10-5-3-4-8/h6-7,9H,3-5,8H2,1-2H3. The van der Waals surface area contributed by atoms with Gasteiger partial charge in [0.15, 0.2) is 0 Å². The summed E-state index contributed by atoms with van der Waals surface area (Å²) in [5.74, 6) is 0. The minimum Gasteiger partial charge on any atom is -0.391 e. The third-order valence-corrected chi connectivity index (χ3v) is 1.41. The number of nitrogens with two attached hydrogens (primary N) is 1. The smallest absolute Gasteiger partial charge is 0.0803 e. The van der Waals surface area contributed by atoms with Gasteiger partial charge >= 0.3 is 0 Å². The second-order valence-electron chi connectivity index (χ2n) is 2.46. The van der Waals surface area contributed by atoms with E-state index in [9.17, 15) is 0 Å². The Labute approximate surface area is 62.2 Å². The van der Waals surface area contributed by atoms with Gasteiger partial charge in [-0.25, -0.2) is 0 Å². The van der Waals surface area contributed by atoms with Crippen molar-refractivity contribution in [2.45, 2.75) is 32.5 Å². The monoisotopic (exact) mass is 147 g/mol. The number of rotatable bonds is 5. The number of aliphatic hydroxyl groups excluding tert-OH is 1. The Morgan fingerprint density at radius 3 is 2.50 bits per heavy atom. The van der Waals surface area contributed by atoms with Gasteiger partial charge in [-0.1, -0.05) is 0 Å². The molecule has 0 amide bonds. The molecule has 2 unspecified atom stereocenters. The molecule has 0 spiro atoms. The molecule has 0 aliphatic carbocycles. The fourth-order valence-corrected chi connectivity index (χ4v) is 0.492. The molecule has 0 aromatic rings. The Kier molecular flexibility index (Phi) is 5.58. The van der Waals surface area contributed by atoms with E-state index in [1.807, 2.05) is 6.92 Å². The van der Waals surface area contributed by atoms with Crippen LogP contribution < -0.4 is 5.73 Å². The summed E-state index contributed by atoms with van der Waals surface area (Å²) in [6.45, 7) is 4.85. The second-order valence-corrected chi connectivity index (χ2v) is 2.46. The molecule has 0 aromatic heterocycles. The molecule has 0 rings (SSSR count). The molecule has 2 atom stereocenters. The summed E-state index contributed by atoms with van der Waals surface area (Å²) in [6, 6.07) is 0. The predicted molar refractivity (Wildman–Crippen MR) is 40.8 cm³/mol. The number of aliphatic hydroxyl groups is 1. The highest BCUT2D eigenvalue weighted by Crippen LogP contribution is 1.97. The normalized spacial score (nSPS) is 16.8. The van der Waals surface area contributed by atoms with E-state index in [1.54, 1.807) is 6.92 Å².